The zero-order valence-corrected chi connectivity index (χ0v) is 26.0. The molecule has 0 spiro atoms. The van der Waals surface area contributed by atoms with Gasteiger partial charge in [0.05, 0.1) is 40.6 Å². The number of nitrogens with one attached hydrogen (secondary N) is 1. The highest BCUT2D eigenvalue weighted by Crippen LogP contribution is 2.32. The molecule has 10 nitrogen and oxygen atoms in total. The molecule has 3 aromatic rings. The molecule has 0 unspecified atom stereocenters. The number of nitrogen functional groups attached to an aromatic ring is 1. The second-order valence-corrected chi connectivity index (χ2v) is 10.7. The largest absolute Gasteiger partial charge is 0.444 e. The van der Waals surface area contributed by atoms with Gasteiger partial charge in [-0.25, -0.2) is 9.78 Å². The predicted molar refractivity (Wildman–Crippen MR) is 160 cm³/mol. The molecule has 0 bridgehead atoms. The molecule has 0 radical (unpaired) electrons. The molecule has 1 aromatic carbocycles. The van der Waals surface area contributed by atoms with Crippen LogP contribution in [0.15, 0.2) is 41.7 Å². The first kappa shape index (κ1) is 35.4. The monoisotopic (exact) mass is 644 g/mol. The highest BCUT2D eigenvalue weighted by atomic mass is 35.5. The molecule has 2 amide bonds. The van der Waals surface area contributed by atoms with Gasteiger partial charge in [0, 0.05) is 12.7 Å². The Bertz CT molecular complexity index is 1500. The molecule has 0 atom stereocenters. The molecule has 0 aliphatic heterocycles. The van der Waals surface area contributed by atoms with Crippen molar-refractivity contribution in [3.8, 4) is 5.69 Å². The summed E-state index contributed by atoms with van der Waals surface area (Å²) in [6.07, 6.45) is -2.53. The van der Waals surface area contributed by atoms with Crippen LogP contribution in [0.4, 0.5) is 29.5 Å². The molecule has 0 saturated heterocycles. The number of anilines is 2. The van der Waals surface area contributed by atoms with Crippen LogP contribution in [0.3, 0.4) is 0 Å². The molecule has 2 heterocycles. The van der Waals surface area contributed by atoms with E-state index in [1.54, 1.807) is 33.8 Å². The van der Waals surface area contributed by atoms with E-state index < -0.39 is 47.1 Å². The summed E-state index contributed by atoms with van der Waals surface area (Å²) < 4.78 is 44.7. The molecule has 0 fully saturated rings. The van der Waals surface area contributed by atoms with Crippen molar-refractivity contribution >= 4 is 46.7 Å². The van der Waals surface area contributed by atoms with Gasteiger partial charge in [0.15, 0.2) is 0 Å². The number of benzene rings is 1. The number of nitrogens with zero attached hydrogens (tertiary/aromatic N) is 4. The van der Waals surface area contributed by atoms with E-state index in [4.69, 9.17) is 33.7 Å². The minimum atomic E-state index is -4.50. The number of pyridine rings is 1. The number of amides is 2. The number of ether oxygens (including phenoxy) is 1. The van der Waals surface area contributed by atoms with Gasteiger partial charge >= 0.3 is 12.3 Å². The fraction of sp³-hybridized carbons (Fsp3) is 0.393. The second kappa shape index (κ2) is 14.6. The first-order valence-corrected chi connectivity index (χ1v) is 13.9. The van der Waals surface area contributed by atoms with Crippen LogP contribution in [0.1, 0.15) is 63.0 Å². The standard InChI is InChI=1S/C26H27Cl2F3N6O4.C2H6/c1-5-36(24(40)41-25(2,3)4)12-15-6-16(11-33-10-15)35-22(38)19-21(32)34-13-37(23(19)39)20-17(27)7-14(8-18(20)28)9-26(29,30)31;1-2/h6-8,10-11,13H,5,9,12,32H2,1-4H3,(H,35,38);1-2H3. The second-order valence-electron chi connectivity index (χ2n) is 9.91. The van der Waals surface area contributed by atoms with E-state index >= 15 is 0 Å². The average molecular weight is 646 g/mol. The lowest BCUT2D eigenvalue weighted by atomic mass is 10.1. The van der Waals surface area contributed by atoms with Gasteiger partial charge in [0.2, 0.25) is 0 Å². The Morgan fingerprint density at radius 1 is 1.07 bits per heavy atom. The van der Waals surface area contributed by atoms with Crippen LogP contribution < -0.4 is 16.6 Å². The first-order valence-electron chi connectivity index (χ1n) is 13.1. The Balaban J connectivity index is 0.00000316. The number of rotatable bonds is 7. The number of hydrogen-bond acceptors (Lipinski definition) is 7. The Morgan fingerprint density at radius 2 is 1.67 bits per heavy atom. The summed E-state index contributed by atoms with van der Waals surface area (Å²) in [6.45, 7) is 11.5. The lowest BCUT2D eigenvalue weighted by Gasteiger charge is -2.26. The van der Waals surface area contributed by atoms with Crippen LogP contribution in [-0.4, -0.2) is 49.8 Å². The van der Waals surface area contributed by atoms with E-state index in [1.807, 2.05) is 13.8 Å². The van der Waals surface area contributed by atoms with E-state index in [9.17, 15) is 27.6 Å². The quantitative estimate of drug-likeness (QED) is 0.294. The van der Waals surface area contributed by atoms with Gasteiger partial charge in [-0.05, 0) is 57.0 Å². The first-order chi connectivity index (χ1) is 20.0. The number of carbonyl (C=O) groups excluding carboxylic acids is 2. The number of halogens is 5. The molecule has 234 valence electrons. The number of aromatic nitrogens is 3. The van der Waals surface area contributed by atoms with Crippen molar-refractivity contribution in [3.63, 3.8) is 0 Å². The van der Waals surface area contributed by atoms with E-state index in [0.29, 0.717) is 12.1 Å². The summed E-state index contributed by atoms with van der Waals surface area (Å²) >= 11 is 12.4. The van der Waals surface area contributed by atoms with Crippen LogP contribution in [0, 0.1) is 0 Å². The maximum Gasteiger partial charge on any atom is 0.410 e. The van der Waals surface area contributed by atoms with Gasteiger partial charge < -0.3 is 20.7 Å². The number of carbonyl (C=O) groups is 2. The van der Waals surface area contributed by atoms with Gasteiger partial charge in [-0.1, -0.05) is 37.0 Å². The summed E-state index contributed by atoms with van der Waals surface area (Å²) in [5, 5.41) is 1.99. The zero-order chi connectivity index (χ0) is 32.7. The van der Waals surface area contributed by atoms with Crippen LogP contribution in [0.25, 0.3) is 5.69 Å². The number of nitrogens with two attached hydrogens (primary N) is 1. The summed E-state index contributed by atoms with van der Waals surface area (Å²) in [6, 6.07) is 3.59. The fourth-order valence-corrected chi connectivity index (χ4v) is 4.42. The maximum absolute atomic E-state index is 13.3. The van der Waals surface area contributed by atoms with Crippen molar-refractivity contribution in [2.45, 2.75) is 66.3 Å². The van der Waals surface area contributed by atoms with E-state index in [2.05, 4.69) is 15.3 Å². The van der Waals surface area contributed by atoms with Crippen LogP contribution in [0.5, 0.6) is 0 Å². The predicted octanol–water partition coefficient (Wildman–Crippen LogP) is 6.66. The molecule has 0 aliphatic rings. The van der Waals surface area contributed by atoms with Gasteiger partial charge in [-0.2, -0.15) is 13.2 Å². The Morgan fingerprint density at radius 3 is 2.21 bits per heavy atom. The van der Waals surface area contributed by atoms with E-state index in [0.717, 1.165) is 23.0 Å². The Labute approximate surface area is 257 Å². The van der Waals surface area contributed by atoms with Gasteiger partial charge in [0.1, 0.15) is 23.3 Å². The van der Waals surface area contributed by atoms with Crippen LogP contribution >= 0.6 is 23.2 Å². The molecule has 0 aliphatic carbocycles. The van der Waals surface area contributed by atoms with Crippen molar-refractivity contribution in [2.24, 2.45) is 0 Å². The van der Waals surface area contributed by atoms with E-state index in [-0.39, 0.29) is 33.5 Å². The number of alkyl halides is 3. The van der Waals surface area contributed by atoms with Crippen molar-refractivity contribution in [2.75, 3.05) is 17.6 Å². The normalized spacial score (nSPS) is 11.3. The smallest absolute Gasteiger partial charge is 0.410 e. The van der Waals surface area contributed by atoms with Crippen molar-refractivity contribution in [1.82, 2.24) is 19.4 Å². The minimum Gasteiger partial charge on any atom is -0.444 e. The molecule has 3 rings (SSSR count). The third-order valence-corrected chi connectivity index (χ3v) is 5.99. The summed E-state index contributed by atoms with van der Waals surface area (Å²) in [5.74, 6) is -1.34. The van der Waals surface area contributed by atoms with Crippen molar-refractivity contribution in [3.05, 3.63) is 74.0 Å². The molecule has 3 N–H and O–H groups in total. The Hall–Kier alpha value is -3.84. The van der Waals surface area contributed by atoms with Crippen molar-refractivity contribution < 1.29 is 27.5 Å². The average Bonchev–Trinajstić information content (AvgIpc) is 2.87. The van der Waals surface area contributed by atoms with Gasteiger partial charge in [0.25, 0.3) is 11.5 Å². The number of hydrogen-bond donors (Lipinski definition) is 2. The maximum atomic E-state index is 13.3. The lowest BCUT2D eigenvalue weighted by Crippen LogP contribution is -2.36. The zero-order valence-electron chi connectivity index (χ0n) is 24.5. The lowest BCUT2D eigenvalue weighted by molar-refractivity contribution is -0.127. The highest BCUT2D eigenvalue weighted by molar-refractivity contribution is 6.37. The van der Waals surface area contributed by atoms with E-state index in [1.165, 1.54) is 17.3 Å². The van der Waals surface area contributed by atoms with Gasteiger partial charge in [-0.3, -0.25) is 19.1 Å². The molecule has 2 aromatic heterocycles. The summed E-state index contributed by atoms with van der Waals surface area (Å²) in [5.41, 5.74) is 3.99. The SMILES string of the molecule is CC.CCN(Cc1cncc(NC(=O)c2c(N)ncn(-c3c(Cl)cc(CC(F)(F)F)cc3Cl)c2=O)c1)C(=O)OC(C)(C)C. The van der Waals surface area contributed by atoms with Crippen LogP contribution in [0.2, 0.25) is 10.0 Å². The molecule has 15 heteroatoms. The third kappa shape index (κ3) is 9.85. The van der Waals surface area contributed by atoms with Crippen LogP contribution in [-0.2, 0) is 17.7 Å². The molecule has 0 saturated carbocycles. The molecule has 43 heavy (non-hydrogen) atoms. The van der Waals surface area contributed by atoms with Gasteiger partial charge in [-0.15, -0.1) is 0 Å². The summed E-state index contributed by atoms with van der Waals surface area (Å²) in [4.78, 5) is 48.3. The topological polar surface area (TPSA) is 132 Å². The molecular weight excluding hydrogens is 612 g/mol. The summed E-state index contributed by atoms with van der Waals surface area (Å²) in [7, 11) is 0. The van der Waals surface area contributed by atoms with Crippen molar-refractivity contribution in [1.29, 1.82) is 0 Å². The third-order valence-electron chi connectivity index (χ3n) is 5.41. The molecular formula is C28H33Cl2F3N6O4. The Kier molecular flexibility index (Phi) is 12.0. The fourth-order valence-electron chi connectivity index (χ4n) is 3.71. The highest BCUT2D eigenvalue weighted by Gasteiger charge is 2.29. The minimum absolute atomic E-state index is 0.130.